The number of rotatable bonds is 4. The highest BCUT2D eigenvalue weighted by molar-refractivity contribution is 7.99. The van der Waals surface area contributed by atoms with E-state index >= 15 is 0 Å². The van der Waals surface area contributed by atoms with Crippen LogP contribution in [0.25, 0.3) is 0 Å². The van der Waals surface area contributed by atoms with Crippen molar-refractivity contribution >= 4 is 17.7 Å². The molecule has 2 saturated heterocycles. The molecule has 0 radical (unpaired) electrons. The van der Waals surface area contributed by atoms with Gasteiger partial charge in [-0.05, 0) is 62.6 Å². The monoisotopic (exact) mass is 339 g/mol. The van der Waals surface area contributed by atoms with Crippen molar-refractivity contribution in [2.75, 3.05) is 0 Å². The summed E-state index contributed by atoms with van der Waals surface area (Å²) in [5.41, 5.74) is 1.74. The minimum atomic E-state index is 0.0305. The predicted octanol–water partition coefficient (Wildman–Crippen LogP) is 3.16. The van der Waals surface area contributed by atoms with E-state index < -0.39 is 0 Å². The Morgan fingerprint density at radius 1 is 1.17 bits per heavy atom. The molecule has 0 saturated carbocycles. The van der Waals surface area contributed by atoms with E-state index in [1.165, 1.54) is 12.8 Å². The van der Waals surface area contributed by atoms with Gasteiger partial charge in [0.2, 0.25) is 0 Å². The van der Waals surface area contributed by atoms with Crippen LogP contribution < -0.4 is 10.6 Å². The highest BCUT2D eigenvalue weighted by Gasteiger charge is 2.39. The van der Waals surface area contributed by atoms with Crippen LogP contribution in [0.3, 0.4) is 0 Å². The van der Waals surface area contributed by atoms with Crippen LogP contribution in [0.15, 0.2) is 52.4 Å². The fraction of sp³-hybridized carbons (Fsp3) is 0.368. The molecule has 3 heterocycles. The maximum atomic E-state index is 12.4. The average molecular weight is 339 g/mol. The molecule has 1 aromatic carbocycles. The van der Waals surface area contributed by atoms with E-state index in [2.05, 4.69) is 21.7 Å². The fourth-order valence-corrected chi connectivity index (χ4v) is 4.35. The minimum absolute atomic E-state index is 0.0305. The van der Waals surface area contributed by atoms with Crippen LogP contribution in [-0.2, 0) is 0 Å². The Bertz CT molecular complexity index is 729. The van der Waals surface area contributed by atoms with Crippen molar-refractivity contribution in [3.05, 3.63) is 53.9 Å². The van der Waals surface area contributed by atoms with E-state index in [0.29, 0.717) is 12.1 Å². The van der Waals surface area contributed by atoms with Crippen LogP contribution >= 0.6 is 11.8 Å². The Balaban J connectivity index is 1.38. The van der Waals surface area contributed by atoms with Crippen LogP contribution in [-0.4, -0.2) is 29.0 Å². The summed E-state index contributed by atoms with van der Waals surface area (Å²) in [5.74, 6) is 0.0305. The second-order valence-corrected chi connectivity index (χ2v) is 7.77. The SMILES string of the molecule is Cc1ccc(Sc2ccc(C(=O)NC3CC4CCC3N4)cc2)cn1. The third-order valence-corrected chi connectivity index (χ3v) is 5.84. The topological polar surface area (TPSA) is 54.0 Å². The zero-order valence-electron chi connectivity index (χ0n) is 13.7. The van der Waals surface area contributed by atoms with E-state index in [0.717, 1.165) is 27.5 Å². The van der Waals surface area contributed by atoms with Crippen molar-refractivity contribution < 1.29 is 4.79 Å². The molecule has 124 valence electrons. The van der Waals surface area contributed by atoms with E-state index in [4.69, 9.17) is 0 Å². The van der Waals surface area contributed by atoms with Crippen molar-refractivity contribution in [1.82, 2.24) is 15.6 Å². The van der Waals surface area contributed by atoms with Crippen molar-refractivity contribution in [2.45, 2.75) is 54.1 Å². The number of hydrogen-bond acceptors (Lipinski definition) is 4. The molecule has 2 fully saturated rings. The quantitative estimate of drug-likeness (QED) is 0.898. The van der Waals surface area contributed by atoms with Gasteiger partial charge in [0, 0.05) is 45.4 Å². The van der Waals surface area contributed by atoms with Crippen molar-refractivity contribution in [3.8, 4) is 0 Å². The molecule has 0 spiro atoms. The number of hydrogen-bond donors (Lipinski definition) is 2. The lowest BCUT2D eigenvalue weighted by Crippen LogP contribution is -2.42. The van der Waals surface area contributed by atoms with E-state index in [9.17, 15) is 4.79 Å². The van der Waals surface area contributed by atoms with E-state index in [1.807, 2.05) is 43.5 Å². The largest absolute Gasteiger partial charge is 0.348 e. The smallest absolute Gasteiger partial charge is 0.251 e. The summed E-state index contributed by atoms with van der Waals surface area (Å²) in [6, 6.07) is 13.2. The van der Waals surface area contributed by atoms with Crippen LogP contribution in [0, 0.1) is 6.92 Å². The molecular weight excluding hydrogens is 318 g/mol. The molecular formula is C19H21N3OS. The van der Waals surface area contributed by atoms with Gasteiger partial charge in [0.1, 0.15) is 0 Å². The molecule has 2 aliphatic heterocycles. The van der Waals surface area contributed by atoms with Crippen molar-refractivity contribution in [2.24, 2.45) is 0 Å². The maximum absolute atomic E-state index is 12.4. The number of pyridine rings is 1. The van der Waals surface area contributed by atoms with Gasteiger partial charge in [-0.25, -0.2) is 0 Å². The Morgan fingerprint density at radius 3 is 2.58 bits per heavy atom. The molecule has 5 heteroatoms. The zero-order valence-corrected chi connectivity index (χ0v) is 14.5. The predicted molar refractivity (Wildman–Crippen MR) is 95.4 cm³/mol. The summed E-state index contributed by atoms with van der Waals surface area (Å²) in [7, 11) is 0. The summed E-state index contributed by atoms with van der Waals surface area (Å²) in [4.78, 5) is 18.9. The number of nitrogens with one attached hydrogen (secondary N) is 2. The lowest BCUT2D eigenvalue weighted by molar-refractivity contribution is 0.0931. The zero-order chi connectivity index (χ0) is 16.5. The molecule has 2 N–H and O–H groups in total. The Kier molecular flexibility index (Phi) is 4.29. The van der Waals surface area contributed by atoms with E-state index in [1.54, 1.807) is 11.8 Å². The van der Waals surface area contributed by atoms with Gasteiger partial charge >= 0.3 is 0 Å². The molecule has 1 amide bonds. The summed E-state index contributed by atoms with van der Waals surface area (Å²) >= 11 is 1.66. The van der Waals surface area contributed by atoms with Crippen LogP contribution in [0.2, 0.25) is 0 Å². The molecule has 1 aromatic heterocycles. The van der Waals surface area contributed by atoms with Crippen molar-refractivity contribution in [3.63, 3.8) is 0 Å². The van der Waals surface area contributed by atoms with Crippen LogP contribution in [0.1, 0.15) is 35.3 Å². The Hall–Kier alpha value is -1.85. The van der Waals surface area contributed by atoms with Gasteiger partial charge < -0.3 is 10.6 Å². The number of aromatic nitrogens is 1. The third-order valence-electron chi connectivity index (χ3n) is 4.85. The Morgan fingerprint density at radius 2 is 1.96 bits per heavy atom. The van der Waals surface area contributed by atoms with Crippen LogP contribution in [0.5, 0.6) is 0 Å². The second-order valence-electron chi connectivity index (χ2n) is 6.62. The molecule has 0 aliphatic carbocycles. The summed E-state index contributed by atoms with van der Waals surface area (Å²) < 4.78 is 0. The average Bonchev–Trinajstić information content (AvgIpc) is 3.20. The molecule has 3 atom stereocenters. The third kappa shape index (κ3) is 3.32. The molecule has 4 rings (SSSR count). The minimum Gasteiger partial charge on any atom is -0.348 e. The maximum Gasteiger partial charge on any atom is 0.251 e. The van der Waals surface area contributed by atoms with Gasteiger partial charge in [-0.1, -0.05) is 11.8 Å². The number of amides is 1. The molecule has 2 bridgehead atoms. The Labute approximate surface area is 146 Å². The highest BCUT2D eigenvalue weighted by atomic mass is 32.2. The molecule has 2 aromatic rings. The summed E-state index contributed by atoms with van der Waals surface area (Å²) in [6.45, 7) is 1.98. The molecule has 4 nitrogen and oxygen atoms in total. The van der Waals surface area contributed by atoms with Gasteiger partial charge in [-0.15, -0.1) is 0 Å². The normalized spacial score (nSPS) is 25.0. The lowest BCUT2D eigenvalue weighted by atomic mass is 9.95. The first-order valence-electron chi connectivity index (χ1n) is 8.45. The van der Waals surface area contributed by atoms with Crippen LogP contribution in [0.4, 0.5) is 0 Å². The van der Waals surface area contributed by atoms with Gasteiger partial charge in [0.15, 0.2) is 0 Å². The number of nitrogens with zero attached hydrogens (tertiary/aromatic N) is 1. The number of carbonyl (C=O) groups excluding carboxylic acids is 1. The molecule has 24 heavy (non-hydrogen) atoms. The number of aryl methyl sites for hydroxylation is 1. The van der Waals surface area contributed by atoms with Gasteiger partial charge in [-0.3, -0.25) is 9.78 Å². The molecule has 3 unspecified atom stereocenters. The fourth-order valence-electron chi connectivity index (χ4n) is 3.56. The first-order chi connectivity index (χ1) is 11.7. The lowest BCUT2D eigenvalue weighted by Gasteiger charge is -2.21. The summed E-state index contributed by atoms with van der Waals surface area (Å²) in [6.07, 6.45) is 5.36. The first kappa shape index (κ1) is 15.7. The van der Waals surface area contributed by atoms with E-state index in [-0.39, 0.29) is 11.9 Å². The first-order valence-corrected chi connectivity index (χ1v) is 9.26. The highest BCUT2D eigenvalue weighted by Crippen LogP contribution is 2.29. The van der Waals surface area contributed by atoms with Gasteiger partial charge in [0.05, 0.1) is 0 Å². The summed E-state index contributed by atoms with van der Waals surface area (Å²) in [5, 5.41) is 6.73. The van der Waals surface area contributed by atoms with Crippen molar-refractivity contribution in [1.29, 1.82) is 0 Å². The number of carbonyl (C=O) groups is 1. The van der Waals surface area contributed by atoms with Gasteiger partial charge in [-0.2, -0.15) is 0 Å². The number of benzene rings is 1. The second kappa shape index (κ2) is 6.57. The standard InChI is InChI=1S/C19H21N3OS/c1-12-2-6-16(11-20-12)24-15-7-3-13(4-8-15)19(23)22-18-10-14-5-9-17(18)21-14/h2-4,6-8,11,14,17-18,21H,5,9-10H2,1H3,(H,22,23). The molecule has 2 aliphatic rings. The number of fused-ring (bicyclic) bond motifs is 2. The van der Waals surface area contributed by atoms with Gasteiger partial charge in [0.25, 0.3) is 5.91 Å².